The molecule has 0 heterocycles. The van der Waals surface area contributed by atoms with Crippen LogP contribution in [0.5, 0.6) is 0 Å². The molecule has 8 heteroatoms. The van der Waals surface area contributed by atoms with E-state index in [2.05, 4.69) is 10.6 Å². The van der Waals surface area contributed by atoms with Crippen molar-refractivity contribution in [3.8, 4) is 0 Å². The Kier molecular flexibility index (Phi) is 4.37. The van der Waals surface area contributed by atoms with Crippen molar-refractivity contribution in [1.29, 1.82) is 0 Å². The van der Waals surface area contributed by atoms with Crippen LogP contribution in [0.25, 0.3) is 0 Å². The van der Waals surface area contributed by atoms with Crippen molar-refractivity contribution in [3.63, 3.8) is 0 Å². The van der Waals surface area contributed by atoms with Gasteiger partial charge in [0.25, 0.3) is 5.91 Å². The highest BCUT2D eigenvalue weighted by atomic mass is 19.1. The van der Waals surface area contributed by atoms with Crippen LogP contribution in [0.3, 0.4) is 0 Å². The SMILES string of the molecule is CC(NC(=O)c1cc(F)c(NN)c(F)c1)C(=O)NC1CC1. The van der Waals surface area contributed by atoms with Gasteiger partial charge < -0.3 is 16.1 Å². The molecular weight excluding hydrogens is 282 g/mol. The van der Waals surface area contributed by atoms with Gasteiger partial charge in [-0.2, -0.15) is 0 Å². The number of nitrogen functional groups attached to an aromatic ring is 1. The molecule has 0 bridgehead atoms. The van der Waals surface area contributed by atoms with Gasteiger partial charge in [-0.25, -0.2) is 8.78 Å². The summed E-state index contributed by atoms with van der Waals surface area (Å²) < 4.78 is 27.0. The fraction of sp³-hybridized carbons (Fsp3) is 0.385. The zero-order valence-corrected chi connectivity index (χ0v) is 11.4. The van der Waals surface area contributed by atoms with Crippen molar-refractivity contribution >= 4 is 17.5 Å². The fourth-order valence-corrected chi connectivity index (χ4v) is 1.74. The van der Waals surface area contributed by atoms with Crippen LogP contribution in [0.1, 0.15) is 30.1 Å². The van der Waals surface area contributed by atoms with E-state index < -0.39 is 29.3 Å². The number of amides is 2. The van der Waals surface area contributed by atoms with Gasteiger partial charge in [-0.3, -0.25) is 15.4 Å². The minimum absolute atomic E-state index is 0.168. The Balaban J connectivity index is 2.04. The van der Waals surface area contributed by atoms with Gasteiger partial charge in [0.15, 0.2) is 11.6 Å². The fourth-order valence-electron chi connectivity index (χ4n) is 1.74. The maximum absolute atomic E-state index is 13.5. The summed E-state index contributed by atoms with van der Waals surface area (Å²) in [5.41, 5.74) is 1.12. The number of hydrogen-bond acceptors (Lipinski definition) is 4. The third-order valence-electron chi connectivity index (χ3n) is 3.11. The molecule has 21 heavy (non-hydrogen) atoms. The van der Waals surface area contributed by atoms with Crippen molar-refractivity contribution in [3.05, 3.63) is 29.3 Å². The largest absolute Gasteiger partial charge is 0.352 e. The highest BCUT2D eigenvalue weighted by Gasteiger charge is 2.26. The smallest absolute Gasteiger partial charge is 0.252 e. The van der Waals surface area contributed by atoms with E-state index in [1.54, 1.807) is 0 Å². The van der Waals surface area contributed by atoms with E-state index in [0.717, 1.165) is 25.0 Å². The Hall–Kier alpha value is -2.22. The molecule has 2 rings (SSSR count). The van der Waals surface area contributed by atoms with E-state index in [1.165, 1.54) is 6.92 Å². The van der Waals surface area contributed by atoms with Crippen LogP contribution in [0.4, 0.5) is 14.5 Å². The summed E-state index contributed by atoms with van der Waals surface area (Å²) in [6.07, 6.45) is 1.85. The van der Waals surface area contributed by atoms with Crippen LogP contribution < -0.4 is 21.9 Å². The molecule has 1 aromatic rings. The number of hydrogen-bond donors (Lipinski definition) is 4. The molecule has 0 saturated heterocycles. The molecular formula is C13H16F2N4O2. The van der Waals surface area contributed by atoms with Crippen LogP contribution in [0.2, 0.25) is 0 Å². The molecule has 0 aromatic heterocycles. The molecule has 1 unspecified atom stereocenters. The molecule has 1 saturated carbocycles. The van der Waals surface area contributed by atoms with Gasteiger partial charge in [-0.05, 0) is 31.9 Å². The number of carbonyl (C=O) groups excluding carboxylic acids is 2. The molecule has 0 radical (unpaired) electrons. The number of nitrogens with one attached hydrogen (secondary N) is 3. The third kappa shape index (κ3) is 3.66. The monoisotopic (exact) mass is 298 g/mol. The second-order valence-corrected chi connectivity index (χ2v) is 4.94. The minimum atomic E-state index is -0.988. The lowest BCUT2D eigenvalue weighted by molar-refractivity contribution is -0.122. The first-order valence-corrected chi connectivity index (χ1v) is 6.49. The van der Waals surface area contributed by atoms with Crippen molar-refractivity contribution < 1.29 is 18.4 Å². The Bertz CT molecular complexity index is 552. The van der Waals surface area contributed by atoms with Crippen LogP contribution in [-0.4, -0.2) is 23.9 Å². The maximum Gasteiger partial charge on any atom is 0.252 e. The van der Waals surface area contributed by atoms with Crippen molar-refractivity contribution in [2.24, 2.45) is 5.84 Å². The van der Waals surface area contributed by atoms with Crippen LogP contribution in [-0.2, 0) is 4.79 Å². The number of carbonyl (C=O) groups is 2. The molecule has 5 N–H and O–H groups in total. The first-order valence-electron chi connectivity index (χ1n) is 6.49. The van der Waals surface area contributed by atoms with E-state index in [0.29, 0.717) is 0 Å². The predicted molar refractivity (Wildman–Crippen MR) is 72.3 cm³/mol. The van der Waals surface area contributed by atoms with Gasteiger partial charge in [-0.1, -0.05) is 0 Å². The highest BCUT2D eigenvalue weighted by Crippen LogP contribution is 2.20. The summed E-state index contributed by atoms with van der Waals surface area (Å²) in [7, 11) is 0. The van der Waals surface area contributed by atoms with Crippen molar-refractivity contribution in [2.75, 3.05) is 5.43 Å². The molecule has 0 aliphatic heterocycles. The molecule has 0 spiro atoms. The second kappa shape index (κ2) is 6.04. The highest BCUT2D eigenvalue weighted by molar-refractivity contribution is 5.97. The molecule has 1 atom stereocenters. The molecule has 1 fully saturated rings. The van der Waals surface area contributed by atoms with E-state index in [1.807, 2.05) is 5.43 Å². The van der Waals surface area contributed by atoms with Crippen LogP contribution in [0.15, 0.2) is 12.1 Å². The maximum atomic E-state index is 13.5. The zero-order valence-electron chi connectivity index (χ0n) is 11.4. The number of nitrogens with two attached hydrogens (primary N) is 1. The summed E-state index contributed by atoms with van der Waals surface area (Å²) in [5, 5.41) is 5.11. The lowest BCUT2D eigenvalue weighted by atomic mass is 10.1. The summed E-state index contributed by atoms with van der Waals surface area (Å²) in [4.78, 5) is 23.6. The van der Waals surface area contributed by atoms with E-state index in [4.69, 9.17) is 5.84 Å². The first kappa shape index (κ1) is 15.2. The quantitative estimate of drug-likeness (QED) is 0.474. The Morgan fingerprint density at radius 1 is 1.29 bits per heavy atom. The van der Waals surface area contributed by atoms with Crippen molar-refractivity contribution in [1.82, 2.24) is 10.6 Å². The standard InChI is InChI=1S/C13H16F2N4O2/c1-6(12(20)18-8-2-3-8)17-13(21)7-4-9(14)11(19-16)10(15)5-7/h4-6,8,19H,2-3,16H2,1H3,(H,17,21)(H,18,20). The molecule has 6 nitrogen and oxygen atoms in total. The molecule has 2 amide bonds. The second-order valence-electron chi connectivity index (χ2n) is 4.94. The topological polar surface area (TPSA) is 96.2 Å². The van der Waals surface area contributed by atoms with Gasteiger partial charge in [0.2, 0.25) is 5.91 Å². The number of halogens is 2. The van der Waals surface area contributed by atoms with Gasteiger partial charge in [-0.15, -0.1) is 0 Å². The van der Waals surface area contributed by atoms with Gasteiger partial charge in [0.05, 0.1) is 0 Å². The summed E-state index contributed by atoms with van der Waals surface area (Å²) >= 11 is 0. The molecule has 1 aliphatic carbocycles. The third-order valence-corrected chi connectivity index (χ3v) is 3.11. The Morgan fingerprint density at radius 2 is 1.86 bits per heavy atom. The van der Waals surface area contributed by atoms with Crippen LogP contribution in [0, 0.1) is 11.6 Å². The van der Waals surface area contributed by atoms with Gasteiger partial charge in [0, 0.05) is 11.6 Å². The Morgan fingerprint density at radius 3 is 2.33 bits per heavy atom. The summed E-state index contributed by atoms with van der Waals surface area (Å²) in [5.74, 6) is 1.92. The van der Waals surface area contributed by atoms with Gasteiger partial charge >= 0.3 is 0 Å². The summed E-state index contributed by atoms with van der Waals surface area (Å²) in [6, 6.07) is 1.07. The molecule has 1 aromatic carbocycles. The zero-order chi connectivity index (χ0) is 15.6. The first-order chi connectivity index (χ1) is 9.92. The summed E-state index contributed by atoms with van der Waals surface area (Å²) in [6.45, 7) is 1.50. The minimum Gasteiger partial charge on any atom is -0.352 e. The van der Waals surface area contributed by atoms with Crippen LogP contribution >= 0.6 is 0 Å². The lowest BCUT2D eigenvalue weighted by Crippen LogP contribution is -2.45. The normalized spacial score (nSPS) is 15.2. The van der Waals surface area contributed by atoms with Gasteiger partial charge in [0.1, 0.15) is 11.7 Å². The predicted octanol–water partition coefficient (Wildman–Crippen LogP) is 0.647. The average molecular weight is 298 g/mol. The number of rotatable bonds is 5. The van der Waals surface area contributed by atoms with Crippen molar-refractivity contribution in [2.45, 2.75) is 31.8 Å². The number of benzene rings is 1. The number of hydrazine groups is 1. The average Bonchev–Trinajstić information content (AvgIpc) is 3.22. The van der Waals surface area contributed by atoms with E-state index >= 15 is 0 Å². The van der Waals surface area contributed by atoms with E-state index in [-0.39, 0.29) is 17.5 Å². The molecule has 1 aliphatic rings. The number of anilines is 1. The molecule has 114 valence electrons. The Labute approximate surface area is 120 Å². The lowest BCUT2D eigenvalue weighted by Gasteiger charge is -2.14. The van der Waals surface area contributed by atoms with E-state index in [9.17, 15) is 18.4 Å².